The lowest BCUT2D eigenvalue weighted by molar-refractivity contribution is 0.122. The fourth-order valence-electron chi connectivity index (χ4n) is 2.56. The summed E-state index contributed by atoms with van der Waals surface area (Å²) in [5.74, 6) is 2.13. The summed E-state index contributed by atoms with van der Waals surface area (Å²) in [6.45, 7) is 10.5. The van der Waals surface area contributed by atoms with Gasteiger partial charge in [0.2, 0.25) is 5.88 Å². The molecule has 20 heavy (non-hydrogen) atoms. The number of halogens is 1. The van der Waals surface area contributed by atoms with Crippen LogP contribution in [0.2, 0.25) is 5.15 Å². The molecule has 1 heterocycles. The maximum Gasteiger partial charge on any atom is 0.221 e. The topological polar surface area (TPSA) is 35.0 Å². The molecule has 1 aliphatic carbocycles. The van der Waals surface area contributed by atoms with E-state index in [1.165, 1.54) is 12.8 Å². The fourth-order valence-corrected chi connectivity index (χ4v) is 2.72. The third kappa shape index (κ3) is 3.63. The van der Waals surface area contributed by atoms with Crippen LogP contribution in [0.3, 0.4) is 0 Å². The van der Waals surface area contributed by atoms with Crippen LogP contribution in [0.4, 0.5) is 0 Å². The van der Waals surface area contributed by atoms with E-state index in [0.29, 0.717) is 11.0 Å². The molecule has 1 aromatic rings. The molecular weight excluding hydrogens is 272 g/mol. The summed E-state index contributed by atoms with van der Waals surface area (Å²) >= 11 is 6.24. The van der Waals surface area contributed by atoms with Gasteiger partial charge in [0.1, 0.15) is 17.1 Å². The summed E-state index contributed by atoms with van der Waals surface area (Å²) < 4.78 is 6.14. The second-order valence-electron chi connectivity index (χ2n) is 7.03. The molecule has 2 rings (SSSR count). The van der Waals surface area contributed by atoms with Crippen molar-refractivity contribution < 1.29 is 4.74 Å². The van der Waals surface area contributed by atoms with E-state index >= 15 is 0 Å². The van der Waals surface area contributed by atoms with Gasteiger partial charge in [0.05, 0.1) is 0 Å². The molecule has 0 amide bonds. The summed E-state index contributed by atoms with van der Waals surface area (Å²) in [7, 11) is 0. The van der Waals surface area contributed by atoms with E-state index in [9.17, 15) is 0 Å². The van der Waals surface area contributed by atoms with Crippen LogP contribution >= 0.6 is 11.6 Å². The van der Waals surface area contributed by atoms with Gasteiger partial charge in [-0.1, -0.05) is 45.7 Å². The number of aromatic nitrogens is 2. The van der Waals surface area contributed by atoms with E-state index in [-0.39, 0.29) is 11.5 Å². The summed E-state index contributed by atoms with van der Waals surface area (Å²) in [5.41, 5.74) is 0.716. The maximum absolute atomic E-state index is 6.24. The Balaban J connectivity index is 2.24. The predicted molar refractivity (Wildman–Crippen MR) is 82.5 cm³/mol. The van der Waals surface area contributed by atoms with Crippen LogP contribution in [0, 0.1) is 12.8 Å². The lowest BCUT2D eigenvalue weighted by Gasteiger charge is -2.28. The van der Waals surface area contributed by atoms with Gasteiger partial charge in [0.15, 0.2) is 0 Å². The van der Waals surface area contributed by atoms with Gasteiger partial charge in [-0.2, -0.15) is 4.98 Å². The van der Waals surface area contributed by atoms with Crippen LogP contribution in [-0.4, -0.2) is 16.1 Å². The third-order valence-corrected chi connectivity index (χ3v) is 4.25. The number of nitrogens with zero attached hydrogens (tertiary/aromatic N) is 2. The minimum absolute atomic E-state index is 0.130. The van der Waals surface area contributed by atoms with Crippen LogP contribution in [0.15, 0.2) is 0 Å². The minimum atomic E-state index is -0.130. The zero-order valence-electron chi connectivity index (χ0n) is 13.2. The van der Waals surface area contributed by atoms with E-state index in [1.807, 2.05) is 6.92 Å². The molecule has 1 saturated carbocycles. The van der Waals surface area contributed by atoms with E-state index < -0.39 is 0 Å². The van der Waals surface area contributed by atoms with Gasteiger partial charge in [0, 0.05) is 11.0 Å². The van der Waals surface area contributed by atoms with Crippen molar-refractivity contribution >= 4 is 11.6 Å². The molecule has 0 N–H and O–H groups in total. The first-order chi connectivity index (χ1) is 9.27. The van der Waals surface area contributed by atoms with E-state index in [1.54, 1.807) is 0 Å². The van der Waals surface area contributed by atoms with Crippen molar-refractivity contribution in [3.63, 3.8) is 0 Å². The van der Waals surface area contributed by atoms with E-state index in [0.717, 1.165) is 30.1 Å². The van der Waals surface area contributed by atoms with Gasteiger partial charge in [-0.15, -0.1) is 0 Å². The number of hydrogen-bond donors (Lipinski definition) is 0. The summed E-state index contributed by atoms with van der Waals surface area (Å²) in [4.78, 5) is 8.99. The lowest BCUT2D eigenvalue weighted by Crippen LogP contribution is -2.26. The molecule has 112 valence electrons. The third-order valence-electron chi connectivity index (χ3n) is 3.88. The van der Waals surface area contributed by atoms with Gasteiger partial charge < -0.3 is 4.74 Å². The van der Waals surface area contributed by atoms with Crippen molar-refractivity contribution in [2.24, 2.45) is 5.92 Å². The molecule has 1 fully saturated rings. The second kappa shape index (κ2) is 5.88. The Morgan fingerprint density at radius 2 is 1.90 bits per heavy atom. The molecule has 2 unspecified atom stereocenters. The highest BCUT2D eigenvalue weighted by molar-refractivity contribution is 6.30. The first kappa shape index (κ1) is 15.6. The monoisotopic (exact) mass is 296 g/mol. The van der Waals surface area contributed by atoms with Gasteiger partial charge in [-0.25, -0.2) is 4.98 Å². The molecular formula is C16H25ClN2O. The Morgan fingerprint density at radius 1 is 1.20 bits per heavy atom. The number of rotatable bonds is 2. The van der Waals surface area contributed by atoms with Crippen molar-refractivity contribution in [1.82, 2.24) is 9.97 Å². The molecule has 3 nitrogen and oxygen atoms in total. The molecule has 0 bridgehead atoms. The van der Waals surface area contributed by atoms with E-state index in [4.69, 9.17) is 16.3 Å². The Labute approximate surface area is 127 Å². The van der Waals surface area contributed by atoms with Crippen molar-refractivity contribution in [2.75, 3.05) is 0 Å². The summed E-state index contributed by atoms with van der Waals surface area (Å²) in [5, 5.41) is 0.504. The molecule has 0 aliphatic heterocycles. The zero-order chi connectivity index (χ0) is 14.9. The van der Waals surface area contributed by atoms with Crippen LogP contribution in [-0.2, 0) is 5.41 Å². The zero-order valence-corrected chi connectivity index (χ0v) is 13.9. The largest absolute Gasteiger partial charge is 0.474 e. The van der Waals surface area contributed by atoms with Gasteiger partial charge in [-0.05, 0) is 32.1 Å². The highest BCUT2D eigenvalue weighted by Crippen LogP contribution is 2.31. The van der Waals surface area contributed by atoms with E-state index in [2.05, 4.69) is 37.7 Å². The summed E-state index contributed by atoms with van der Waals surface area (Å²) in [6.07, 6.45) is 5.01. The smallest absolute Gasteiger partial charge is 0.221 e. The Morgan fingerprint density at radius 3 is 2.50 bits per heavy atom. The maximum atomic E-state index is 6.24. The number of ether oxygens (including phenoxy) is 1. The molecule has 0 spiro atoms. The van der Waals surface area contributed by atoms with Crippen LogP contribution in [0.25, 0.3) is 0 Å². The molecule has 4 heteroatoms. The molecule has 0 radical (unpaired) electrons. The normalized spacial score (nSPS) is 23.7. The Bertz CT molecular complexity index is 482. The average molecular weight is 297 g/mol. The quantitative estimate of drug-likeness (QED) is 0.742. The van der Waals surface area contributed by atoms with Crippen molar-refractivity contribution in [3.05, 3.63) is 16.5 Å². The minimum Gasteiger partial charge on any atom is -0.474 e. The van der Waals surface area contributed by atoms with Crippen molar-refractivity contribution in [1.29, 1.82) is 0 Å². The first-order valence-electron chi connectivity index (χ1n) is 7.48. The number of hydrogen-bond acceptors (Lipinski definition) is 3. The average Bonchev–Trinajstić information content (AvgIpc) is 2.33. The molecule has 1 aliphatic rings. The van der Waals surface area contributed by atoms with Gasteiger partial charge in [0.25, 0.3) is 0 Å². The van der Waals surface area contributed by atoms with Crippen LogP contribution < -0.4 is 4.74 Å². The fraction of sp³-hybridized carbons (Fsp3) is 0.750. The molecule has 2 atom stereocenters. The Kier molecular flexibility index (Phi) is 4.58. The highest BCUT2D eigenvalue weighted by atomic mass is 35.5. The van der Waals surface area contributed by atoms with Crippen molar-refractivity contribution in [2.45, 2.75) is 71.8 Å². The second-order valence-corrected chi connectivity index (χ2v) is 7.39. The van der Waals surface area contributed by atoms with Crippen LogP contribution in [0.1, 0.15) is 64.8 Å². The van der Waals surface area contributed by atoms with Crippen molar-refractivity contribution in [3.8, 4) is 5.88 Å². The van der Waals surface area contributed by atoms with Gasteiger partial charge in [-0.3, -0.25) is 0 Å². The molecule has 1 aromatic heterocycles. The molecule has 0 saturated heterocycles. The molecule has 0 aromatic carbocycles. The van der Waals surface area contributed by atoms with Crippen LogP contribution in [0.5, 0.6) is 5.88 Å². The SMILES string of the molecule is Cc1c(Cl)nc(C(C)(C)C)nc1OC1CCCC(C)C1. The van der Waals surface area contributed by atoms with Gasteiger partial charge >= 0.3 is 0 Å². The first-order valence-corrected chi connectivity index (χ1v) is 7.86. The predicted octanol–water partition coefficient (Wildman–Crippen LogP) is 4.69. The standard InChI is InChI=1S/C16H25ClN2O/c1-10-7-6-8-12(9-10)20-14-11(2)13(17)18-15(19-14)16(3,4)5/h10,12H,6-9H2,1-5H3. The summed E-state index contributed by atoms with van der Waals surface area (Å²) in [6, 6.07) is 0. The highest BCUT2D eigenvalue weighted by Gasteiger charge is 2.25. The lowest BCUT2D eigenvalue weighted by atomic mass is 9.89. The Hall–Kier alpha value is -0.830.